The third kappa shape index (κ3) is 4.52. The predicted molar refractivity (Wildman–Crippen MR) is 127 cm³/mol. The molecule has 0 saturated heterocycles. The number of ether oxygens (including phenoxy) is 1. The number of aromatic nitrogens is 2. The first-order valence-corrected chi connectivity index (χ1v) is 11.4. The molecule has 8 heteroatoms. The van der Waals surface area contributed by atoms with Gasteiger partial charge in [0.1, 0.15) is 0 Å². The quantitative estimate of drug-likeness (QED) is 0.363. The van der Waals surface area contributed by atoms with Crippen LogP contribution in [0.3, 0.4) is 0 Å². The van der Waals surface area contributed by atoms with Crippen LogP contribution in [0.1, 0.15) is 44.3 Å². The molecule has 0 aliphatic carbocycles. The molecule has 170 valence electrons. The second kappa shape index (κ2) is 9.15. The highest BCUT2D eigenvalue weighted by atomic mass is 32.1. The van der Waals surface area contributed by atoms with E-state index >= 15 is 0 Å². The van der Waals surface area contributed by atoms with Gasteiger partial charge >= 0.3 is 5.97 Å². The average Bonchev–Trinajstić information content (AvgIpc) is 3.36. The summed E-state index contributed by atoms with van der Waals surface area (Å²) in [5, 5.41) is 4.46. The highest BCUT2D eigenvalue weighted by molar-refractivity contribution is 7.12. The Balaban J connectivity index is 1.57. The number of hydrogen-bond donors (Lipinski definition) is 0. The normalized spacial score (nSPS) is 12.0. The van der Waals surface area contributed by atoms with Crippen LogP contribution in [-0.2, 0) is 9.53 Å². The molecule has 0 aliphatic heterocycles. The van der Waals surface area contributed by atoms with Crippen LogP contribution >= 0.6 is 11.3 Å². The Morgan fingerprint density at radius 2 is 1.88 bits per heavy atom. The number of likely N-dealkylation sites (N-methyl/N-ethyl adjacent to an activating group) is 1. The number of benzene rings is 1. The summed E-state index contributed by atoms with van der Waals surface area (Å²) >= 11 is 1.65. The molecule has 0 radical (unpaired) electrons. The first-order valence-electron chi connectivity index (χ1n) is 10.6. The average molecular weight is 464 g/mol. The molecule has 0 bridgehead atoms. The van der Waals surface area contributed by atoms with E-state index in [2.05, 4.69) is 10.1 Å². The number of carbonyl (C=O) groups is 2. The fraction of sp³-hybridized carbons (Fsp3) is 0.280. The number of carbonyl (C=O) groups excluding carboxylic acids is 2. The van der Waals surface area contributed by atoms with Crippen molar-refractivity contribution in [3.05, 3.63) is 69.0 Å². The topological polar surface area (TPSA) is 85.5 Å². The van der Waals surface area contributed by atoms with Crippen LogP contribution < -0.4 is 0 Å². The van der Waals surface area contributed by atoms with Crippen LogP contribution in [0, 0.1) is 20.8 Å². The Hall–Kier alpha value is -3.52. The molecule has 0 aliphatic rings. The second-order valence-electron chi connectivity index (χ2n) is 8.00. The third-order valence-corrected chi connectivity index (χ3v) is 6.70. The summed E-state index contributed by atoms with van der Waals surface area (Å²) in [6, 6.07) is 13.2. The van der Waals surface area contributed by atoms with Gasteiger partial charge in [-0.1, -0.05) is 35.5 Å². The largest absolute Gasteiger partial charge is 0.452 e. The smallest absolute Gasteiger partial charge is 0.339 e. The summed E-state index contributed by atoms with van der Waals surface area (Å²) in [4.78, 5) is 34.1. The van der Waals surface area contributed by atoms with Gasteiger partial charge in [0, 0.05) is 22.4 Å². The molecule has 0 saturated carbocycles. The maximum absolute atomic E-state index is 13.1. The monoisotopic (exact) mass is 463 g/mol. The number of pyridine rings is 1. The highest BCUT2D eigenvalue weighted by Gasteiger charge is 2.24. The van der Waals surface area contributed by atoms with Gasteiger partial charge in [-0.25, -0.2) is 9.78 Å². The van der Waals surface area contributed by atoms with Crippen molar-refractivity contribution in [1.29, 1.82) is 0 Å². The SMILES string of the molecule is Cc1cc(-c2cc(C(=O)OCC(=O)N(C)C(C)c3ccccc3)c3c(C)noc3n2)c(C)s1. The van der Waals surface area contributed by atoms with E-state index in [0.717, 1.165) is 20.9 Å². The zero-order valence-electron chi connectivity index (χ0n) is 19.2. The highest BCUT2D eigenvalue weighted by Crippen LogP contribution is 2.33. The molecule has 3 aromatic heterocycles. The molecule has 1 atom stereocenters. The van der Waals surface area contributed by atoms with Crippen molar-refractivity contribution in [2.24, 2.45) is 0 Å². The molecule has 0 N–H and O–H groups in total. The van der Waals surface area contributed by atoms with Crippen LogP contribution in [0.15, 0.2) is 47.0 Å². The standard InChI is InChI=1S/C25H25N3O4S/c1-14-11-19(17(4)33-14)21-12-20(23-15(2)27-32-24(23)26-21)25(30)31-13-22(29)28(5)16(3)18-9-7-6-8-10-18/h6-12,16H,13H2,1-5H3. The van der Waals surface area contributed by atoms with Crippen molar-refractivity contribution >= 4 is 34.3 Å². The van der Waals surface area contributed by atoms with Crippen molar-refractivity contribution in [3.8, 4) is 11.3 Å². The van der Waals surface area contributed by atoms with Crippen molar-refractivity contribution in [2.75, 3.05) is 13.7 Å². The summed E-state index contributed by atoms with van der Waals surface area (Å²) in [6.45, 7) is 7.33. The van der Waals surface area contributed by atoms with Crippen LogP contribution in [0.5, 0.6) is 0 Å². The molecule has 33 heavy (non-hydrogen) atoms. The number of fused-ring (bicyclic) bond motifs is 1. The van der Waals surface area contributed by atoms with E-state index in [0.29, 0.717) is 16.8 Å². The summed E-state index contributed by atoms with van der Waals surface area (Å²) in [6.07, 6.45) is 0. The lowest BCUT2D eigenvalue weighted by atomic mass is 10.1. The van der Waals surface area contributed by atoms with Crippen molar-refractivity contribution in [3.63, 3.8) is 0 Å². The minimum Gasteiger partial charge on any atom is -0.452 e. The number of thiophene rings is 1. The fourth-order valence-corrected chi connectivity index (χ4v) is 4.69. The molecule has 1 amide bonds. The van der Waals surface area contributed by atoms with Gasteiger partial charge in [0.15, 0.2) is 6.61 Å². The lowest BCUT2D eigenvalue weighted by molar-refractivity contribution is -0.135. The zero-order chi connectivity index (χ0) is 23.7. The van der Waals surface area contributed by atoms with Crippen molar-refractivity contribution in [2.45, 2.75) is 33.7 Å². The van der Waals surface area contributed by atoms with Gasteiger partial charge in [-0.2, -0.15) is 0 Å². The van der Waals surface area contributed by atoms with Gasteiger partial charge in [-0.05, 0) is 45.4 Å². The molecule has 4 rings (SSSR count). The van der Waals surface area contributed by atoms with E-state index in [1.54, 1.807) is 36.3 Å². The van der Waals surface area contributed by atoms with E-state index in [4.69, 9.17) is 9.26 Å². The number of rotatable bonds is 6. The first-order chi connectivity index (χ1) is 15.8. The maximum atomic E-state index is 13.1. The van der Waals surface area contributed by atoms with Gasteiger partial charge in [0.05, 0.1) is 28.4 Å². The first kappa shape index (κ1) is 22.7. The van der Waals surface area contributed by atoms with Crippen LogP contribution in [0.25, 0.3) is 22.4 Å². The molecule has 0 spiro atoms. The number of hydrogen-bond acceptors (Lipinski definition) is 7. The molecule has 3 heterocycles. The number of amides is 1. The Labute approximate surface area is 196 Å². The maximum Gasteiger partial charge on any atom is 0.339 e. The Bertz CT molecular complexity index is 1330. The molecule has 1 aromatic carbocycles. The summed E-state index contributed by atoms with van der Waals surface area (Å²) in [5.74, 6) is -0.912. The van der Waals surface area contributed by atoms with Crippen LogP contribution in [0.2, 0.25) is 0 Å². The molecule has 1 unspecified atom stereocenters. The van der Waals surface area contributed by atoms with Gasteiger partial charge < -0.3 is 14.2 Å². The summed E-state index contributed by atoms with van der Waals surface area (Å²) in [7, 11) is 1.70. The van der Waals surface area contributed by atoms with E-state index in [1.807, 2.05) is 57.2 Å². The van der Waals surface area contributed by atoms with Crippen molar-refractivity contribution < 1.29 is 18.8 Å². The Morgan fingerprint density at radius 1 is 1.15 bits per heavy atom. The predicted octanol–water partition coefficient (Wildman–Crippen LogP) is 5.25. The van der Waals surface area contributed by atoms with E-state index in [9.17, 15) is 9.59 Å². The summed E-state index contributed by atoms with van der Waals surface area (Å²) < 4.78 is 10.8. The van der Waals surface area contributed by atoms with Crippen molar-refractivity contribution in [1.82, 2.24) is 15.0 Å². The van der Waals surface area contributed by atoms with Gasteiger partial charge in [0.25, 0.3) is 11.6 Å². The van der Waals surface area contributed by atoms with E-state index in [-0.39, 0.29) is 29.8 Å². The van der Waals surface area contributed by atoms with E-state index < -0.39 is 5.97 Å². The second-order valence-corrected chi connectivity index (χ2v) is 9.46. The molecule has 0 fully saturated rings. The van der Waals surface area contributed by atoms with E-state index in [1.165, 1.54) is 0 Å². The van der Waals surface area contributed by atoms with Gasteiger partial charge in [-0.15, -0.1) is 11.3 Å². The zero-order valence-corrected chi connectivity index (χ0v) is 20.0. The minimum atomic E-state index is -0.617. The molecular weight excluding hydrogens is 438 g/mol. The molecular formula is C25H25N3O4S. The molecule has 7 nitrogen and oxygen atoms in total. The minimum absolute atomic E-state index is 0.151. The lowest BCUT2D eigenvalue weighted by Gasteiger charge is -2.25. The number of esters is 1. The third-order valence-electron chi connectivity index (χ3n) is 5.74. The Morgan fingerprint density at radius 3 is 2.55 bits per heavy atom. The lowest BCUT2D eigenvalue weighted by Crippen LogP contribution is -2.33. The summed E-state index contributed by atoms with van der Waals surface area (Å²) in [5.41, 5.74) is 3.62. The fourth-order valence-electron chi connectivity index (χ4n) is 3.76. The Kier molecular flexibility index (Phi) is 6.29. The van der Waals surface area contributed by atoms with Crippen LogP contribution in [-0.4, -0.2) is 40.6 Å². The number of aryl methyl sites for hydroxylation is 3. The van der Waals surface area contributed by atoms with Gasteiger partial charge in [-0.3, -0.25) is 4.79 Å². The molecule has 4 aromatic rings. The van der Waals surface area contributed by atoms with Gasteiger partial charge in [0.2, 0.25) is 0 Å². The number of nitrogens with zero attached hydrogens (tertiary/aromatic N) is 3. The van der Waals surface area contributed by atoms with Crippen LogP contribution in [0.4, 0.5) is 0 Å².